The number of halogens is 5. The third kappa shape index (κ3) is 2.67. The van der Waals surface area contributed by atoms with Crippen LogP contribution in [0.4, 0.5) is 13.2 Å². The van der Waals surface area contributed by atoms with Crippen LogP contribution in [0.25, 0.3) is 10.9 Å². The second kappa shape index (κ2) is 5.06. The Morgan fingerprint density at radius 3 is 2.67 bits per heavy atom. The van der Waals surface area contributed by atoms with Crippen LogP contribution in [0, 0.1) is 0 Å². The predicted molar refractivity (Wildman–Crippen MR) is 75.1 cm³/mol. The van der Waals surface area contributed by atoms with E-state index < -0.39 is 11.7 Å². The number of hydrogen-bond donors (Lipinski definition) is 1. The Balaban J connectivity index is 2.21. The van der Waals surface area contributed by atoms with Crippen molar-refractivity contribution in [1.29, 1.82) is 0 Å². The normalized spacial score (nSPS) is 15.4. The first kappa shape index (κ1) is 14.5. The molecule has 0 amide bonds. The van der Waals surface area contributed by atoms with E-state index in [1.54, 1.807) is 0 Å². The molecule has 112 valence electrons. The lowest BCUT2D eigenvalue weighted by Gasteiger charge is -2.12. The summed E-state index contributed by atoms with van der Waals surface area (Å²) in [6.45, 7) is 1.37. The fourth-order valence-corrected chi connectivity index (χ4v) is 2.72. The van der Waals surface area contributed by atoms with Gasteiger partial charge in [-0.05, 0) is 12.1 Å². The van der Waals surface area contributed by atoms with Crippen molar-refractivity contribution < 1.29 is 13.2 Å². The average molecular weight is 337 g/mol. The minimum atomic E-state index is -4.55. The molecule has 1 aromatic heterocycles. The van der Waals surface area contributed by atoms with Gasteiger partial charge in [0.15, 0.2) is 5.15 Å². The first-order chi connectivity index (χ1) is 9.86. The monoisotopic (exact) mass is 336 g/mol. The smallest absolute Gasteiger partial charge is 0.370 e. The molecular weight excluding hydrogens is 328 g/mol. The van der Waals surface area contributed by atoms with E-state index in [0.717, 1.165) is 6.07 Å². The molecule has 1 aliphatic heterocycles. The molecule has 3 rings (SSSR count). The molecule has 0 saturated heterocycles. The van der Waals surface area contributed by atoms with Crippen molar-refractivity contribution in [2.45, 2.75) is 12.7 Å². The number of benzene rings is 1. The Bertz CT molecular complexity index is 736. The van der Waals surface area contributed by atoms with Crippen LogP contribution in [0.2, 0.25) is 10.2 Å². The zero-order valence-electron chi connectivity index (χ0n) is 10.5. The number of nitrogens with zero attached hydrogens (tertiary/aromatic N) is 3. The molecule has 0 aliphatic carbocycles. The Morgan fingerprint density at radius 2 is 2.05 bits per heavy atom. The fraction of sp³-hybridized carbons (Fsp3) is 0.333. The molecule has 9 heteroatoms. The number of hydrogen-bond acceptors (Lipinski definition) is 3. The Morgan fingerprint density at radius 1 is 1.29 bits per heavy atom. The summed E-state index contributed by atoms with van der Waals surface area (Å²) in [5.41, 5.74) is -0.948. The summed E-state index contributed by atoms with van der Waals surface area (Å²) < 4.78 is 40.8. The van der Waals surface area contributed by atoms with Crippen molar-refractivity contribution in [3.05, 3.63) is 27.9 Å². The SMILES string of the molecule is FC(F)(F)c1cc(Cl)cc2c(Cl)nn(CC3=NCCN3)c12. The first-order valence-electron chi connectivity index (χ1n) is 6.06. The summed E-state index contributed by atoms with van der Waals surface area (Å²) in [6.07, 6.45) is -4.55. The molecule has 0 bridgehead atoms. The van der Waals surface area contributed by atoms with Gasteiger partial charge in [0.05, 0.1) is 24.2 Å². The Hall–Kier alpha value is -1.47. The molecule has 1 N–H and O–H groups in total. The maximum Gasteiger partial charge on any atom is 0.418 e. The number of amidine groups is 1. The van der Waals surface area contributed by atoms with Crippen molar-refractivity contribution in [2.24, 2.45) is 4.99 Å². The highest BCUT2D eigenvalue weighted by molar-refractivity contribution is 6.36. The summed E-state index contributed by atoms with van der Waals surface area (Å²) in [6, 6.07) is 2.25. The summed E-state index contributed by atoms with van der Waals surface area (Å²) >= 11 is 11.7. The van der Waals surface area contributed by atoms with Crippen molar-refractivity contribution >= 4 is 39.9 Å². The third-order valence-corrected chi connectivity index (χ3v) is 3.61. The van der Waals surface area contributed by atoms with Gasteiger partial charge >= 0.3 is 6.18 Å². The number of aromatic nitrogens is 2. The second-order valence-corrected chi connectivity index (χ2v) is 5.35. The third-order valence-electron chi connectivity index (χ3n) is 3.11. The lowest BCUT2D eigenvalue weighted by atomic mass is 10.1. The zero-order valence-corrected chi connectivity index (χ0v) is 12.0. The molecule has 0 radical (unpaired) electrons. The molecule has 2 aromatic rings. The molecular formula is C12H9Cl2F3N4. The first-order valence-corrected chi connectivity index (χ1v) is 6.82. The Labute approximate surface area is 127 Å². The van der Waals surface area contributed by atoms with Crippen LogP contribution in [0.1, 0.15) is 5.56 Å². The van der Waals surface area contributed by atoms with Gasteiger partial charge < -0.3 is 5.32 Å². The highest BCUT2D eigenvalue weighted by Gasteiger charge is 2.35. The molecule has 0 fully saturated rings. The number of fused-ring (bicyclic) bond motifs is 1. The molecule has 0 unspecified atom stereocenters. The van der Waals surface area contributed by atoms with Gasteiger partial charge in [0.25, 0.3) is 0 Å². The maximum absolute atomic E-state index is 13.2. The van der Waals surface area contributed by atoms with Gasteiger partial charge in [-0.2, -0.15) is 18.3 Å². The van der Waals surface area contributed by atoms with E-state index in [9.17, 15) is 13.2 Å². The molecule has 0 spiro atoms. The van der Waals surface area contributed by atoms with E-state index in [0.29, 0.717) is 18.9 Å². The quantitative estimate of drug-likeness (QED) is 0.913. The van der Waals surface area contributed by atoms with Gasteiger partial charge in [0, 0.05) is 17.0 Å². The van der Waals surface area contributed by atoms with Crippen LogP contribution in [-0.2, 0) is 12.7 Å². The van der Waals surface area contributed by atoms with Crippen LogP contribution in [0.3, 0.4) is 0 Å². The molecule has 1 aliphatic rings. The maximum atomic E-state index is 13.2. The fourth-order valence-electron chi connectivity index (χ4n) is 2.27. The standard InChI is InChI=1S/C12H9Cl2F3N4/c13-6-3-7-10(8(4-6)12(15,16)17)21(20-11(7)14)5-9-18-1-2-19-9/h3-4H,1-2,5H2,(H,18,19). The van der Waals surface area contributed by atoms with Gasteiger partial charge in [-0.1, -0.05) is 23.2 Å². The number of aliphatic imine (C=N–C) groups is 1. The molecule has 21 heavy (non-hydrogen) atoms. The minimum absolute atomic E-state index is 0.0170. The summed E-state index contributed by atoms with van der Waals surface area (Å²) in [4.78, 5) is 4.15. The van der Waals surface area contributed by atoms with Gasteiger partial charge in [0.1, 0.15) is 5.84 Å². The molecule has 1 aromatic carbocycles. The van der Waals surface area contributed by atoms with E-state index >= 15 is 0 Å². The molecule has 4 nitrogen and oxygen atoms in total. The van der Waals surface area contributed by atoms with Gasteiger partial charge in [-0.15, -0.1) is 0 Å². The van der Waals surface area contributed by atoms with Crippen LogP contribution in [-0.4, -0.2) is 28.7 Å². The number of rotatable bonds is 2. The summed E-state index contributed by atoms with van der Waals surface area (Å²) in [5, 5.41) is 7.08. The van der Waals surface area contributed by atoms with Gasteiger partial charge in [-0.3, -0.25) is 9.67 Å². The van der Waals surface area contributed by atoms with Gasteiger partial charge in [0.2, 0.25) is 0 Å². The molecule has 0 atom stereocenters. The van der Waals surface area contributed by atoms with E-state index in [1.165, 1.54) is 10.7 Å². The van der Waals surface area contributed by atoms with Crippen LogP contribution in [0.5, 0.6) is 0 Å². The van der Waals surface area contributed by atoms with Crippen LogP contribution in [0.15, 0.2) is 17.1 Å². The van der Waals surface area contributed by atoms with Crippen LogP contribution >= 0.6 is 23.2 Å². The van der Waals surface area contributed by atoms with Crippen molar-refractivity contribution in [3.63, 3.8) is 0 Å². The van der Waals surface area contributed by atoms with E-state index in [-0.39, 0.29) is 27.6 Å². The van der Waals surface area contributed by atoms with Crippen LogP contribution < -0.4 is 5.32 Å². The average Bonchev–Trinajstić information content (AvgIpc) is 2.98. The van der Waals surface area contributed by atoms with E-state index in [1.807, 2.05) is 0 Å². The molecule has 2 heterocycles. The van der Waals surface area contributed by atoms with E-state index in [2.05, 4.69) is 15.4 Å². The summed E-state index contributed by atoms with van der Waals surface area (Å²) in [7, 11) is 0. The minimum Gasteiger partial charge on any atom is -0.370 e. The van der Waals surface area contributed by atoms with E-state index in [4.69, 9.17) is 23.2 Å². The topological polar surface area (TPSA) is 42.2 Å². The largest absolute Gasteiger partial charge is 0.418 e. The lowest BCUT2D eigenvalue weighted by molar-refractivity contribution is -0.136. The van der Waals surface area contributed by atoms with Crippen molar-refractivity contribution in [3.8, 4) is 0 Å². The number of alkyl halides is 3. The predicted octanol–water partition coefficient (Wildman–Crippen LogP) is 3.36. The zero-order chi connectivity index (χ0) is 15.2. The second-order valence-electron chi connectivity index (χ2n) is 4.55. The summed E-state index contributed by atoms with van der Waals surface area (Å²) in [5.74, 6) is 0.583. The Kier molecular flexibility index (Phi) is 3.49. The highest BCUT2D eigenvalue weighted by atomic mass is 35.5. The van der Waals surface area contributed by atoms with Gasteiger partial charge in [-0.25, -0.2) is 0 Å². The molecule has 0 saturated carbocycles. The van der Waals surface area contributed by atoms with Crippen molar-refractivity contribution in [1.82, 2.24) is 15.1 Å². The lowest BCUT2D eigenvalue weighted by Crippen LogP contribution is -2.24. The van der Waals surface area contributed by atoms with Crippen molar-refractivity contribution in [2.75, 3.05) is 13.1 Å². The highest BCUT2D eigenvalue weighted by Crippen LogP contribution is 2.38. The number of nitrogens with one attached hydrogen (secondary N) is 1.